The van der Waals surface area contributed by atoms with Gasteiger partial charge in [0.25, 0.3) is 0 Å². The molecule has 0 amide bonds. The van der Waals surface area contributed by atoms with Crippen LogP contribution in [0, 0.1) is 0 Å². The Labute approximate surface area is 337 Å². The molecular weight excluding hydrogens is 689 g/mol. The Morgan fingerprint density at radius 1 is 0.368 bits per heavy atom. The SMILES string of the molecule is CC1(C)c2ccccc2-c2cc(-c3ccc(-c4c5ccc(N6CCCCC6)cc5c(-c5ccc6ccccc6c5)c5ccc(N6CCCCC6)cc45)cc3)ccc21. The highest BCUT2D eigenvalue weighted by Crippen LogP contribution is 2.50. The molecule has 0 spiro atoms. The van der Waals surface area contributed by atoms with Gasteiger partial charge in [-0.1, -0.05) is 123 Å². The minimum Gasteiger partial charge on any atom is -0.372 e. The maximum absolute atomic E-state index is 2.61. The molecule has 2 heterocycles. The van der Waals surface area contributed by atoms with Gasteiger partial charge in [-0.15, -0.1) is 0 Å². The van der Waals surface area contributed by atoms with E-state index in [1.807, 2.05) is 0 Å². The summed E-state index contributed by atoms with van der Waals surface area (Å²) in [5.74, 6) is 0. The summed E-state index contributed by atoms with van der Waals surface area (Å²) in [6.07, 6.45) is 7.70. The monoisotopic (exact) mass is 738 g/mol. The molecule has 2 aliphatic heterocycles. The zero-order chi connectivity index (χ0) is 38.1. The molecule has 0 unspecified atom stereocenters. The van der Waals surface area contributed by atoms with Gasteiger partial charge in [0.1, 0.15) is 0 Å². The van der Waals surface area contributed by atoms with Gasteiger partial charge < -0.3 is 9.80 Å². The number of piperidine rings is 2. The molecule has 1 aliphatic carbocycles. The third-order valence-electron chi connectivity index (χ3n) is 13.7. The molecule has 8 aromatic carbocycles. The molecule has 0 N–H and O–H groups in total. The Balaban J connectivity index is 1.12. The molecule has 0 bridgehead atoms. The highest BCUT2D eigenvalue weighted by molar-refractivity contribution is 6.22. The van der Waals surface area contributed by atoms with Gasteiger partial charge in [-0.25, -0.2) is 0 Å². The van der Waals surface area contributed by atoms with Crippen molar-refractivity contribution >= 4 is 43.7 Å². The van der Waals surface area contributed by atoms with Crippen LogP contribution in [0.4, 0.5) is 11.4 Å². The first kappa shape index (κ1) is 34.4. The van der Waals surface area contributed by atoms with Gasteiger partial charge in [-0.3, -0.25) is 0 Å². The molecule has 8 aromatic rings. The topological polar surface area (TPSA) is 6.48 Å². The van der Waals surface area contributed by atoms with E-state index >= 15 is 0 Å². The fourth-order valence-electron chi connectivity index (χ4n) is 10.6. The van der Waals surface area contributed by atoms with Crippen molar-refractivity contribution in [1.82, 2.24) is 0 Å². The lowest BCUT2D eigenvalue weighted by Crippen LogP contribution is -2.29. The molecule has 0 radical (unpaired) electrons. The van der Waals surface area contributed by atoms with Crippen molar-refractivity contribution in [3.05, 3.63) is 157 Å². The predicted molar refractivity (Wildman–Crippen MR) is 245 cm³/mol. The molecule has 0 atom stereocenters. The lowest BCUT2D eigenvalue weighted by molar-refractivity contribution is 0.578. The molecule has 2 nitrogen and oxygen atoms in total. The van der Waals surface area contributed by atoms with Crippen molar-refractivity contribution in [2.24, 2.45) is 0 Å². The number of hydrogen-bond acceptors (Lipinski definition) is 2. The summed E-state index contributed by atoms with van der Waals surface area (Å²) in [5, 5.41) is 7.89. The fraction of sp³-hybridized carbons (Fsp3) is 0.236. The van der Waals surface area contributed by atoms with Crippen molar-refractivity contribution in [2.75, 3.05) is 36.0 Å². The van der Waals surface area contributed by atoms with Crippen LogP contribution in [0.3, 0.4) is 0 Å². The Morgan fingerprint density at radius 3 is 1.56 bits per heavy atom. The van der Waals surface area contributed by atoms with Gasteiger partial charge in [0.15, 0.2) is 0 Å². The quantitative estimate of drug-likeness (QED) is 0.162. The van der Waals surface area contributed by atoms with Crippen LogP contribution in [0.5, 0.6) is 0 Å². The summed E-state index contributed by atoms with van der Waals surface area (Å²) >= 11 is 0. The van der Waals surface area contributed by atoms with E-state index < -0.39 is 0 Å². The van der Waals surface area contributed by atoms with Gasteiger partial charge in [0.2, 0.25) is 0 Å². The second kappa shape index (κ2) is 13.7. The lowest BCUT2D eigenvalue weighted by atomic mass is 9.82. The molecular formula is C55H50N2. The fourth-order valence-corrected chi connectivity index (χ4v) is 10.6. The Bertz CT molecular complexity index is 2830. The normalized spacial score (nSPS) is 16.3. The molecule has 2 fully saturated rings. The Hall–Kier alpha value is -5.86. The Kier molecular flexibility index (Phi) is 8.24. The van der Waals surface area contributed by atoms with Crippen molar-refractivity contribution < 1.29 is 0 Å². The van der Waals surface area contributed by atoms with Gasteiger partial charge in [0.05, 0.1) is 0 Å². The van der Waals surface area contributed by atoms with Gasteiger partial charge >= 0.3 is 0 Å². The van der Waals surface area contributed by atoms with E-state index in [4.69, 9.17) is 0 Å². The zero-order valence-electron chi connectivity index (χ0n) is 33.3. The van der Waals surface area contributed by atoms with E-state index in [0.717, 1.165) is 26.2 Å². The molecule has 57 heavy (non-hydrogen) atoms. The molecule has 2 heteroatoms. The smallest absolute Gasteiger partial charge is 0.0372 e. The van der Waals surface area contributed by atoms with E-state index in [1.165, 1.54) is 138 Å². The third-order valence-corrected chi connectivity index (χ3v) is 13.7. The van der Waals surface area contributed by atoms with Crippen LogP contribution in [0.2, 0.25) is 0 Å². The van der Waals surface area contributed by atoms with Crippen LogP contribution in [-0.2, 0) is 5.41 Å². The van der Waals surface area contributed by atoms with E-state index in [2.05, 4.69) is 169 Å². The van der Waals surface area contributed by atoms with Gasteiger partial charge in [-0.05, 0) is 163 Å². The van der Waals surface area contributed by atoms with Crippen LogP contribution in [0.1, 0.15) is 63.5 Å². The van der Waals surface area contributed by atoms with E-state index in [0.29, 0.717) is 0 Å². The standard InChI is InChI=1S/C55H50N2/c1-55(2)51-16-8-7-15-45(51)48-34-41(23-28-52(48)55)38-17-20-39(21-18-38)53-46-26-24-44(57-31-11-4-12-32-57)36-50(46)54(42-22-19-37-13-5-6-14-40(37)33-42)47-27-25-43(35-49(47)53)56-29-9-3-10-30-56/h5-8,13-28,33-36H,3-4,9-12,29-32H2,1-2H3. The lowest BCUT2D eigenvalue weighted by Gasteiger charge is -2.30. The van der Waals surface area contributed by atoms with Gasteiger partial charge in [0, 0.05) is 43.0 Å². The average molecular weight is 739 g/mol. The highest BCUT2D eigenvalue weighted by Gasteiger charge is 2.35. The van der Waals surface area contributed by atoms with E-state index in [9.17, 15) is 0 Å². The average Bonchev–Trinajstić information content (AvgIpc) is 3.51. The summed E-state index contributed by atoms with van der Waals surface area (Å²) < 4.78 is 0. The summed E-state index contributed by atoms with van der Waals surface area (Å²) in [7, 11) is 0. The Morgan fingerprint density at radius 2 is 0.895 bits per heavy atom. The molecule has 11 rings (SSSR count). The molecule has 0 saturated carbocycles. The number of nitrogens with zero attached hydrogens (tertiary/aromatic N) is 2. The minimum absolute atomic E-state index is 0.0103. The first-order chi connectivity index (χ1) is 28.0. The van der Waals surface area contributed by atoms with Crippen LogP contribution in [0.15, 0.2) is 146 Å². The number of anilines is 2. The largest absolute Gasteiger partial charge is 0.372 e. The summed E-state index contributed by atoms with van der Waals surface area (Å²) in [4.78, 5) is 5.23. The van der Waals surface area contributed by atoms with Crippen molar-refractivity contribution in [3.8, 4) is 44.5 Å². The second-order valence-corrected chi connectivity index (χ2v) is 17.4. The van der Waals surface area contributed by atoms with Gasteiger partial charge in [-0.2, -0.15) is 0 Å². The molecule has 0 aromatic heterocycles. The van der Waals surface area contributed by atoms with E-state index in [1.54, 1.807) is 0 Å². The minimum atomic E-state index is 0.0103. The number of hydrogen-bond donors (Lipinski definition) is 0. The zero-order valence-corrected chi connectivity index (χ0v) is 33.3. The summed E-state index contributed by atoms with van der Waals surface area (Å²) in [6, 6.07) is 56.2. The number of benzene rings is 8. The van der Waals surface area contributed by atoms with Crippen molar-refractivity contribution in [3.63, 3.8) is 0 Å². The third kappa shape index (κ3) is 5.75. The van der Waals surface area contributed by atoms with Crippen molar-refractivity contribution in [2.45, 2.75) is 57.8 Å². The summed E-state index contributed by atoms with van der Waals surface area (Å²) in [6.45, 7) is 9.23. The van der Waals surface area contributed by atoms with Crippen LogP contribution in [-0.4, -0.2) is 26.2 Å². The van der Waals surface area contributed by atoms with E-state index in [-0.39, 0.29) is 5.41 Å². The highest BCUT2D eigenvalue weighted by atomic mass is 15.1. The van der Waals surface area contributed by atoms with Crippen molar-refractivity contribution in [1.29, 1.82) is 0 Å². The molecule has 280 valence electrons. The van der Waals surface area contributed by atoms with Crippen LogP contribution >= 0.6 is 0 Å². The first-order valence-electron chi connectivity index (χ1n) is 21.4. The molecule has 3 aliphatic rings. The second-order valence-electron chi connectivity index (χ2n) is 17.4. The van der Waals surface area contributed by atoms with Crippen LogP contribution in [0.25, 0.3) is 76.8 Å². The maximum atomic E-state index is 2.61. The first-order valence-corrected chi connectivity index (χ1v) is 21.4. The summed E-state index contributed by atoms with van der Waals surface area (Å²) in [5.41, 5.74) is 16.0. The molecule has 2 saturated heterocycles. The maximum Gasteiger partial charge on any atom is 0.0372 e. The number of fused-ring (bicyclic) bond motifs is 6. The number of rotatable bonds is 5. The van der Waals surface area contributed by atoms with Crippen LogP contribution < -0.4 is 9.80 Å². The predicted octanol–water partition coefficient (Wildman–Crippen LogP) is 14.4.